The summed E-state index contributed by atoms with van der Waals surface area (Å²) in [4.78, 5) is 13.8. The summed E-state index contributed by atoms with van der Waals surface area (Å²) >= 11 is 0. The van der Waals surface area contributed by atoms with Crippen LogP contribution in [0.4, 0.5) is 5.82 Å². The number of rotatable bonds is 2. The van der Waals surface area contributed by atoms with Crippen molar-refractivity contribution >= 4 is 11.3 Å². The van der Waals surface area contributed by atoms with E-state index in [1.807, 2.05) is 0 Å². The first-order valence-electron chi connectivity index (χ1n) is 4.03. The zero-order valence-electron chi connectivity index (χ0n) is 7.25. The third-order valence-electron chi connectivity index (χ3n) is 2.02. The predicted molar refractivity (Wildman–Crippen MR) is 49.7 cm³/mol. The highest BCUT2D eigenvalue weighted by molar-refractivity contribution is 5.66. The molecule has 0 fully saturated rings. The molecule has 0 aliphatic carbocycles. The van der Waals surface area contributed by atoms with Gasteiger partial charge in [0.1, 0.15) is 0 Å². The summed E-state index contributed by atoms with van der Waals surface area (Å²) in [6.07, 6.45) is 3.11. The molecule has 72 valence electrons. The fraction of sp³-hybridized carbons (Fsp3) is 0.125. The molecule has 0 aliphatic heterocycles. The van der Waals surface area contributed by atoms with Gasteiger partial charge in [-0.25, -0.2) is 0 Å². The normalized spacial score (nSPS) is 10.6. The first kappa shape index (κ1) is 8.64. The van der Waals surface area contributed by atoms with E-state index >= 15 is 0 Å². The van der Waals surface area contributed by atoms with Gasteiger partial charge in [0.25, 0.3) is 0 Å². The van der Waals surface area contributed by atoms with Gasteiger partial charge in [-0.05, 0) is 21.5 Å². The third-order valence-corrected chi connectivity index (χ3v) is 2.02. The lowest BCUT2D eigenvalue weighted by Gasteiger charge is -1.99. The average Bonchev–Trinajstić information content (AvgIpc) is 2.60. The van der Waals surface area contributed by atoms with E-state index in [9.17, 15) is 10.1 Å². The molecule has 6 heteroatoms. The van der Waals surface area contributed by atoms with Crippen molar-refractivity contribution in [1.29, 1.82) is 0 Å². The van der Waals surface area contributed by atoms with E-state index in [0.29, 0.717) is 5.52 Å². The van der Waals surface area contributed by atoms with Crippen LogP contribution in [0.1, 0.15) is 5.56 Å². The predicted octanol–water partition coefficient (Wildman–Crippen LogP) is 0.701. The Bertz CT molecular complexity index is 491. The van der Waals surface area contributed by atoms with Gasteiger partial charge in [0.2, 0.25) is 6.33 Å². The highest BCUT2D eigenvalue weighted by atomic mass is 16.6. The van der Waals surface area contributed by atoms with Crippen molar-refractivity contribution in [3.63, 3.8) is 0 Å². The quantitative estimate of drug-likeness (QED) is 0.560. The molecule has 0 saturated carbocycles. The summed E-state index contributed by atoms with van der Waals surface area (Å²) in [5.74, 6) is -0.147. The molecule has 0 amide bonds. The number of nitro groups is 1. The Kier molecular flexibility index (Phi) is 1.90. The molecule has 0 bridgehead atoms. The van der Waals surface area contributed by atoms with Crippen molar-refractivity contribution in [1.82, 2.24) is 9.38 Å². The Morgan fingerprint density at radius 2 is 2.43 bits per heavy atom. The second-order valence-electron chi connectivity index (χ2n) is 2.82. The molecule has 0 radical (unpaired) electrons. The monoisotopic (exact) mass is 192 g/mol. The van der Waals surface area contributed by atoms with Crippen LogP contribution in [0.25, 0.3) is 5.52 Å². The van der Waals surface area contributed by atoms with Crippen molar-refractivity contribution < 1.29 is 4.92 Å². The summed E-state index contributed by atoms with van der Waals surface area (Å²) in [6.45, 7) is 0.261. The summed E-state index contributed by atoms with van der Waals surface area (Å²) in [5.41, 5.74) is 6.67. The Morgan fingerprint density at radius 1 is 1.64 bits per heavy atom. The zero-order chi connectivity index (χ0) is 10.1. The summed E-state index contributed by atoms with van der Waals surface area (Å²) < 4.78 is 1.60. The number of imidazole rings is 1. The van der Waals surface area contributed by atoms with E-state index in [0.717, 1.165) is 5.56 Å². The molecule has 2 aromatic heterocycles. The lowest BCUT2D eigenvalue weighted by atomic mass is 10.2. The second kappa shape index (κ2) is 3.08. The number of nitrogens with two attached hydrogens (primary N) is 1. The zero-order valence-corrected chi connectivity index (χ0v) is 7.25. The molecule has 0 aromatic carbocycles. The minimum atomic E-state index is -0.505. The standard InChI is InChI=1S/C8H8N4O2/c9-4-6-2-1-3-11-5-10-8(7(6)11)12(13)14/h1-3,5H,4,9H2. The van der Waals surface area contributed by atoms with Crippen molar-refractivity contribution in [3.8, 4) is 0 Å². The molecule has 0 unspecified atom stereocenters. The van der Waals surface area contributed by atoms with Crippen molar-refractivity contribution in [2.24, 2.45) is 5.73 Å². The first-order chi connectivity index (χ1) is 6.74. The third kappa shape index (κ3) is 1.12. The molecule has 0 aliphatic rings. The van der Waals surface area contributed by atoms with E-state index in [2.05, 4.69) is 4.98 Å². The molecule has 6 nitrogen and oxygen atoms in total. The fourth-order valence-electron chi connectivity index (χ4n) is 1.40. The molecular formula is C8H8N4O2. The van der Waals surface area contributed by atoms with Gasteiger partial charge in [0.05, 0.1) is 0 Å². The number of fused-ring (bicyclic) bond motifs is 1. The smallest absolute Gasteiger partial charge is 0.358 e. The van der Waals surface area contributed by atoms with Crippen molar-refractivity contribution in [3.05, 3.63) is 40.3 Å². The van der Waals surface area contributed by atoms with Crippen LogP contribution in [0, 0.1) is 10.1 Å². The minimum absolute atomic E-state index is 0.147. The van der Waals surface area contributed by atoms with Crippen molar-refractivity contribution in [2.45, 2.75) is 6.54 Å². The number of aromatic nitrogens is 2. The Morgan fingerprint density at radius 3 is 3.07 bits per heavy atom. The van der Waals surface area contributed by atoms with Crippen LogP contribution >= 0.6 is 0 Å². The topological polar surface area (TPSA) is 86.5 Å². The van der Waals surface area contributed by atoms with Crippen LogP contribution in [0.5, 0.6) is 0 Å². The van der Waals surface area contributed by atoms with Gasteiger partial charge in [-0.3, -0.25) is 4.40 Å². The van der Waals surface area contributed by atoms with Crippen LogP contribution in [0.15, 0.2) is 24.7 Å². The van der Waals surface area contributed by atoms with E-state index in [1.54, 1.807) is 22.7 Å². The maximum absolute atomic E-state index is 10.6. The van der Waals surface area contributed by atoms with Crippen LogP contribution in [-0.4, -0.2) is 14.3 Å². The molecule has 2 heterocycles. The molecule has 14 heavy (non-hydrogen) atoms. The lowest BCUT2D eigenvalue weighted by molar-refractivity contribution is -0.387. The maximum atomic E-state index is 10.6. The van der Waals surface area contributed by atoms with Crippen LogP contribution < -0.4 is 5.73 Å². The molecule has 2 N–H and O–H groups in total. The molecule has 0 atom stereocenters. The SMILES string of the molecule is NCc1cccn2cnc([N+](=O)[O-])c12. The Hall–Kier alpha value is -1.95. The van der Waals surface area contributed by atoms with Gasteiger partial charge in [0.15, 0.2) is 5.52 Å². The van der Waals surface area contributed by atoms with E-state index < -0.39 is 4.92 Å². The van der Waals surface area contributed by atoms with Gasteiger partial charge in [-0.2, -0.15) is 0 Å². The Labute approximate surface area is 79.1 Å². The highest BCUT2D eigenvalue weighted by Gasteiger charge is 2.17. The fourth-order valence-corrected chi connectivity index (χ4v) is 1.40. The average molecular weight is 192 g/mol. The maximum Gasteiger partial charge on any atom is 0.389 e. The van der Waals surface area contributed by atoms with E-state index in [4.69, 9.17) is 5.73 Å². The largest absolute Gasteiger partial charge is 0.389 e. The highest BCUT2D eigenvalue weighted by Crippen LogP contribution is 2.20. The van der Waals surface area contributed by atoms with Gasteiger partial charge < -0.3 is 15.8 Å². The second-order valence-corrected chi connectivity index (χ2v) is 2.82. The minimum Gasteiger partial charge on any atom is -0.358 e. The summed E-state index contributed by atoms with van der Waals surface area (Å²) in [6, 6.07) is 3.53. The Balaban J connectivity index is 2.81. The number of pyridine rings is 1. The molecular weight excluding hydrogens is 184 g/mol. The van der Waals surface area contributed by atoms with Gasteiger partial charge in [-0.15, -0.1) is 0 Å². The number of nitrogens with zero attached hydrogens (tertiary/aromatic N) is 3. The first-order valence-corrected chi connectivity index (χ1v) is 4.03. The van der Waals surface area contributed by atoms with Crippen LogP contribution in [0.3, 0.4) is 0 Å². The summed E-state index contributed by atoms with van der Waals surface area (Å²) in [7, 11) is 0. The van der Waals surface area contributed by atoms with Crippen molar-refractivity contribution in [2.75, 3.05) is 0 Å². The number of hydrogen-bond acceptors (Lipinski definition) is 4. The van der Waals surface area contributed by atoms with Gasteiger partial charge >= 0.3 is 5.82 Å². The van der Waals surface area contributed by atoms with Crippen LogP contribution in [-0.2, 0) is 6.54 Å². The number of hydrogen-bond donors (Lipinski definition) is 1. The summed E-state index contributed by atoms with van der Waals surface area (Å²) in [5, 5.41) is 10.6. The molecule has 0 spiro atoms. The van der Waals surface area contributed by atoms with Gasteiger partial charge in [0, 0.05) is 12.7 Å². The van der Waals surface area contributed by atoms with E-state index in [1.165, 1.54) is 6.33 Å². The van der Waals surface area contributed by atoms with E-state index in [-0.39, 0.29) is 12.4 Å². The molecule has 2 aromatic rings. The van der Waals surface area contributed by atoms with Crippen LogP contribution in [0.2, 0.25) is 0 Å². The van der Waals surface area contributed by atoms with Gasteiger partial charge in [-0.1, -0.05) is 6.07 Å². The molecule has 2 rings (SSSR count). The molecule has 0 saturated heterocycles. The lowest BCUT2D eigenvalue weighted by Crippen LogP contribution is -2.00.